The highest BCUT2D eigenvalue weighted by molar-refractivity contribution is 6.00. The number of Topliss-reactive ketones (excluding diaryl/α,β-unsaturated/α-hetero) is 1. The average Bonchev–Trinajstić information content (AvgIpc) is 3.05. The number of fused-ring (bicyclic) bond motifs is 1. The SMILES string of the molecule is COc1cnc(NC(=O)N2CCC3(CC(=O)c4ccccc4O3)C2)cn1. The van der Waals surface area contributed by atoms with Crippen molar-refractivity contribution in [3.05, 3.63) is 42.2 Å². The van der Waals surface area contributed by atoms with E-state index in [1.165, 1.54) is 19.5 Å². The van der Waals surface area contributed by atoms with Gasteiger partial charge in [-0.1, -0.05) is 12.1 Å². The van der Waals surface area contributed by atoms with E-state index in [0.29, 0.717) is 42.5 Å². The Kier molecular flexibility index (Phi) is 3.95. The smallest absolute Gasteiger partial charge is 0.323 e. The molecule has 2 amide bonds. The van der Waals surface area contributed by atoms with E-state index in [1.54, 1.807) is 17.0 Å². The Balaban J connectivity index is 1.45. The molecule has 1 N–H and O–H groups in total. The number of nitrogens with zero attached hydrogens (tertiary/aromatic N) is 3. The summed E-state index contributed by atoms with van der Waals surface area (Å²) < 4.78 is 11.1. The Bertz CT molecular complexity index is 855. The first-order valence-electron chi connectivity index (χ1n) is 8.32. The molecule has 3 heterocycles. The lowest BCUT2D eigenvalue weighted by atomic mass is 9.89. The number of amides is 2. The van der Waals surface area contributed by atoms with E-state index >= 15 is 0 Å². The van der Waals surface area contributed by atoms with Gasteiger partial charge in [0.15, 0.2) is 11.6 Å². The molecule has 1 spiro atoms. The van der Waals surface area contributed by atoms with Crippen molar-refractivity contribution in [2.24, 2.45) is 0 Å². The van der Waals surface area contributed by atoms with Crippen LogP contribution in [0.5, 0.6) is 11.6 Å². The Morgan fingerprint density at radius 1 is 1.31 bits per heavy atom. The zero-order valence-electron chi connectivity index (χ0n) is 14.3. The maximum Gasteiger partial charge on any atom is 0.323 e. The molecule has 0 radical (unpaired) electrons. The number of anilines is 1. The molecule has 2 aromatic rings. The van der Waals surface area contributed by atoms with Crippen molar-refractivity contribution >= 4 is 17.6 Å². The van der Waals surface area contributed by atoms with Gasteiger partial charge in [0, 0.05) is 13.0 Å². The highest BCUT2D eigenvalue weighted by atomic mass is 16.5. The van der Waals surface area contributed by atoms with Crippen LogP contribution < -0.4 is 14.8 Å². The quantitative estimate of drug-likeness (QED) is 0.888. The Morgan fingerprint density at radius 2 is 2.15 bits per heavy atom. The minimum atomic E-state index is -0.658. The van der Waals surface area contributed by atoms with Gasteiger partial charge >= 0.3 is 6.03 Å². The summed E-state index contributed by atoms with van der Waals surface area (Å²) >= 11 is 0. The summed E-state index contributed by atoms with van der Waals surface area (Å²) in [5, 5.41) is 2.70. The molecule has 2 aliphatic heterocycles. The third kappa shape index (κ3) is 2.94. The molecule has 1 atom stereocenters. The van der Waals surface area contributed by atoms with E-state index in [4.69, 9.17) is 9.47 Å². The van der Waals surface area contributed by atoms with Crippen molar-refractivity contribution in [1.82, 2.24) is 14.9 Å². The first-order valence-corrected chi connectivity index (χ1v) is 8.32. The topological polar surface area (TPSA) is 93.7 Å². The number of likely N-dealkylation sites (tertiary alicyclic amines) is 1. The lowest BCUT2D eigenvalue weighted by Gasteiger charge is -2.34. The first kappa shape index (κ1) is 16.3. The highest BCUT2D eigenvalue weighted by Crippen LogP contribution is 2.38. The van der Waals surface area contributed by atoms with Crippen LogP contribution in [0.3, 0.4) is 0 Å². The van der Waals surface area contributed by atoms with Crippen molar-refractivity contribution in [3.8, 4) is 11.6 Å². The minimum absolute atomic E-state index is 0.0510. The number of methoxy groups -OCH3 is 1. The lowest BCUT2D eigenvalue weighted by Crippen LogP contribution is -2.46. The standard InChI is InChI=1S/C18H18N4O4/c1-25-16-10-19-15(9-20-16)21-17(24)22-7-6-18(11-22)8-13(23)12-4-2-3-5-14(12)26-18/h2-5,9-10H,6-8,11H2,1H3,(H,19,21,24). The molecule has 1 aromatic carbocycles. The second kappa shape index (κ2) is 6.29. The summed E-state index contributed by atoms with van der Waals surface area (Å²) in [5.74, 6) is 1.35. The zero-order valence-corrected chi connectivity index (χ0v) is 14.3. The number of ketones is 1. The van der Waals surface area contributed by atoms with Crippen LogP contribution in [-0.2, 0) is 0 Å². The molecule has 8 nitrogen and oxygen atoms in total. The van der Waals surface area contributed by atoms with Crippen LogP contribution >= 0.6 is 0 Å². The van der Waals surface area contributed by atoms with Gasteiger partial charge in [0.2, 0.25) is 5.88 Å². The summed E-state index contributed by atoms with van der Waals surface area (Å²) in [6.07, 6.45) is 3.74. The van der Waals surface area contributed by atoms with Gasteiger partial charge in [-0.15, -0.1) is 0 Å². The maximum atomic E-state index is 12.5. The first-order chi connectivity index (χ1) is 12.6. The van der Waals surface area contributed by atoms with Crippen molar-refractivity contribution in [2.45, 2.75) is 18.4 Å². The molecule has 0 saturated carbocycles. The highest BCUT2D eigenvalue weighted by Gasteiger charge is 2.47. The minimum Gasteiger partial charge on any atom is -0.484 e. The molecule has 2 aliphatic rings. The summed E-state index contributed by atoms with van der Waals surface area (Å²) in [6.45, 7) is 0.855. The fourth-order valence-corrected chi connectivity index (χ4v) is 3.36. The van der Waals surface area contributed by atoms with Gasteiger partial charge in [-0.05, 0) is 12.1 Å². The van der Waals surface area contributed by atoms with E-state index in [9.17, 15) is 9.59 Å². The molecule has 134 valence electrons. The number of rotatable bonds is 2. The van der Waals surface area contributed by atoms with Crippen molar-refractivity contribution in [3.63, 3.8) is 0 Å². The molecular formula is C18H18N4O4. The molecule has 1 fully saturated rings. The largest absolute Gasteiger partial charge is 0.484 e. The second-order valence-electron chi connectivity index (χ2n) is 6.43. The third-order valence-corrected chi connectivity index (χ3v) is 4.67. The number of carbonyl (C=O) groups excluding carboxylic acids is 2. The third-order valence-electron chi connectivity index (χ3n) is 4.67. The van der Waals surface area contributed by atoms with Crippen LogP contribution in [0.2, 0.25) is 0 Å². The number of ether oxygens (including phenoxy) is 2. The number of benzene rings is 1. The predicted molar refractivity (Wildman–Crippen MR) is 92.5 cm³/mol. The predicted octanol–water partition coefficient (Wildman–Crippen LogP) is 2.13. The number of hydrogen-bond acceptors (Lipinski definition) is 6. The van der Waals surface area contributed by atoms with Crippen LogP contribution in [0.15, 0.2) is 36.7 Å². The molecule has 0 aliphatic carbocycles. The number of carbonyl (C=O) groups is 2. The van der Waals surface area contributed by atoms with E-state index < -0.39 is 5.60 Å². The zero-order chi connectivity index (χ0) is 18.1. The lowest BCUT2D eigenvalue weighted by molar-refractivity contribution is 0.0482. The number of aromatic nitrogens is 2. The monoisotopic (exact) mass is 354 g/mol. The fourth-order valence-electron chi connectivity index (χ4n) is 3.36. The van der Waals surface area contributed by atoms with Crippen LogP contribution in [0.4, 0.5) is 10.6 Å². The Morgan fingerprint density at radius 3 is 2.92 bits per heavy atom. The van der Waals surface area contributed by atoms with Crippen LogP contribution in [0, 0.1) is 0 Å². The van der Waals surface area contributed by atoms with Gasteiger partial charge in [0.1, 0.15) is 11.4 Å². The van der Waals surface area contributed by atoms with Gasteiger partial charge in [0.25, 0.3) is 0 Å². The fraction of sp³-hybridized carbons (Fsp3) is 0.333. The van der Waals surface area contributed by atoms with E-state index in [1.807, 2.05) is 12.1 Å². The Labute approximate surface area is 150 Å². The maximum absolute atomic E-state index is 12.5. The molecule has 4 rings (SSSR count). The number of para-hydroxylation sites is 1. The summed E-state index contributed by atoms with van der Waals surface area (Å²) in [5.41, 5.74) is -0.0523. The van der Waals surface area contributed by atoms with Gasteiger partial charge in [-0.2, -0.15) is 0 Å². The van der Waals surface area contributed by atoms with E-state index in [0.717, 1.165) is 0 Å². The van der Waals surface area contributed by atoms with E-state index in [-0.39, 0.29) is 18.2 Å². The number of urea groups is 1. The van der Waals surface area contributed by atoms with Gasteiger partial charge in [0.05, 0.1) is 38.0 Å². The van der Waals surface area contributed by atoms with Crippen LogP contribution in [-0.4, -0.2) is 52.5 Å². The van der Waals surface area contributed by atoms with Gasteiger partial charge in [-0.3, -0.25) is 10.1 Å². The van der Waals surface area contributed by atoms with Crippen LogP contribution in [0.1, 0.15) is 23.2 Å². The summed E-state index contributed by atoms with van der Waals surface area (Å²) in [6, 6.07) is 6.93. The summed E-state index contributed by atoms with van der Waals surface area (Å²) in [4.78, 5) is 34.7. The molecular weight excluding hydrogens is 336 g/mol. The number of nitrogens with one attached hydrogen (secondary N) is 1. The molecule has 8 heteroatoms. The molecule has 1 saturated heterocycles. The van der Waals surface area contributed by atoms with Crippen molar-refractivity contribution in [2.75, 3.05) is 25.5 Å². The molecule has 1 aromatic heterocycles. The average molecular weight is 354 g/mol. The Hall–Kier alpha value is -3.16. The van der Waals surface area contributed by atoms with Gasteiger partial charge in [-0.25, -0.2) is 14.8 Å². The van der Waals surface area contributed by atoms with E-state index in [2.05, 4.69) is 15.3 Å². The van der Waals surface area contributed by atoms with Crippen molar-refractivity contribution < 1.29 is 19.1 Å². The van der Waals surface area contributed by atoms with Gasteiger partial charge < -0.3 is 14.4 Å². The number of hydrogen-bond donors (Lipinski definition) is 1. The van der Waals surface area contributed by atoms with Crippen LogP contribution in [0.25, 0.3) is 0 Å². The second-order valence-corrected chi connectivity index (χ2v) is 6.43. The molecule has 1 unspecified atom stereocenters. The molecule has 0 bridgehead atoms. The van der Waals surface area contributed by atoms with Crippen molar-refractivity contribution in [1.29, 1.82) is 0 Å². The molecule has 26 heavy (non-hydrogen) atoms. The normalized spacial score (nSPS) is 21.3. The summed E-state index contributed by atoms with van der Waals surface area (Å²) in [7, 11) is 1.50.